The SMILES string of the molecule is CCCCN(CC(=O)N1c2ccccc2-n2cccc2C1c1ccc(Cl)cc1)C(=O)C(C)C. The molecule has 0 radical (unpaired) electrons. The zero-order valence-corrected chi connectivity index (χ0v) is 20.1. The zero-order chi connectivity index (χ0) is 23.5. The number of amides is 2. The van der Waals surface area contributed by atoms with Crippen LogP contribution < -0.4 is 4.90 Å². The van der Waals surface area contributed by atoms with Gasteiger partial charge in [0.2, 0.25) is 11.8 Å². The Morgan fingerprint density at radius 3 is 2.36 bits per heavy atom. The number of hydrogen-bond donors (Lipinski definition) is 0. The van der Waals surface area contributed by atoms with Crippen LogP contribution in [0.5, 0.6) is 0 Å². The summed E-state index contributed by atoms with van der Waals surface area (Å²) in [5.41, 5.74) is 3.75. The van der Waals surface area contributed by atoms with Gasteiger partial charge in [0.05, 0.1) is 17.1 Å². The summed E-state index contributed by atoms with van der Waals surface area (Å²) in [4.78, 5) is 30.4. The van der Waals surface area contributed by atoms with Gasteiger partial charge in [-0.15, -0.1) is 0 Å². The maximum absolute atomic E-state index is 13.9. The van der Waals surface area contributed by atoms with Crippen LogP contribution in [0.25, 0.3) is 5.69 Å². The van der Waals surface area contributed by atoms with Gasteiger partial charge in [0, 0.05) is 23.7 Å². The van der Waals surface area contributed by atoms with Crippen LogP contribution in [0.2, 0.25) is 5.02 Å². The smallest absolute Gasteiger partial charge is 0.247 e. The molecule has 1 aliphatic heterocycles. The van der Waals surface area contributed by atoms with Crippen molar-refractivity contribution in [2.45, 2.75) is 39.7 Å². The lowest BCUT2D eigenvalue weighted by Crippen LogP contribution is -2.47. The number of anilines is 1. The first-order valence-corrected chi connectivity index (χ1v) is 11.9. The number of nitrogens with zero attached hydrogens (tertiary/aromatic N) is 3. The first-order valence-electron chi connectivity index (χ1n) is 11.5. The second-order valence-corrected chi connectivity index (χ2v) is 9.21. The number of unbranched alkanes of at least 4 members (excludes halogenated alkanes) is 1. The number of hydrogen-bond acceptors (Lipinski definition) is 2. The van der Waals surface area contributed by atoms with Crippen LogP contribution >= 0.6 is 11.6 Å². The van der Waals surface area contributed by atoms with Crippen LogP contribution in [0.15, 0.2) is 66.9 Å². The van der Waals surface area contributed by atoms with Gasteiger partial charge in [-0.05, 0) is 48.4 Å². The molecule has 4 rings (SSSR count). The molecule has 33 heavy (non-hydrogen) atoms. The van der Waals surface area contributed by atoms with Crippen molar-refractivity contribution in [2.24, 2.45) is 5.92 Å². The van der Waals surface area contributed by atoms with Crippen LogP contribution in [0.4, 0.5) is 5.69 Å². The molecule has 6 heteroatoms. The summed E-state index contributed by atoms with van der Waals surface area (Å²) >= 11 is 6.16. The molecule has 172 valence electrons. The summed E-state index contributed by atoms with van der Waals surface area (Å²) in [6, 6.07) is 19.3. The fourth-order valence-electron chi connectivity index (χ4n) is 4.44. The first-order chi connectivity index (χ1) is 15.9. The van der Waals surface area contributed by atoms with E-state index in [0.29, 0.717) is 11.6 Å². The predicted molar refractivity (Wildman–Crippen MR) is 133 cm³/mol. The van der Waals surface area contributed by atoms with E-state index in [1.54, 1.807) is 4.90 Å². The Bertz CT molecular complexity index is 1140. The maximum Gasteiger partial charge on any atom is 0.247 e. The zero-order valence-electron chi connectivity index (χ0n) is 19.4. The van der Waals surface area contributed by atoms with Crippen molar-refractivity contribution in [1.82, 2.24) is 9.47 Å². The molecule has 3 aromatic rings. The molecule has 1 aliphatic rings. The molecular formula is C27H30ClN3O2. The lowest BCUT2D eigenvalue weighted by molar-refractivity contribution is -0.138. The number of para-hydroxylation sites is 2. The van der Waals surface area contributed by atoms with Crippen molar-refractivity contribution in [3.05, 3.63) is 83.1 Å². The predicted octanol–water partition coefficient (Wildman–Crippen LogP) is 5.85. The van der Waals surface area contributed by atoms with Gasteiger partial charge in [-0.1, -0.05) is 63.1 Å². The van der Waals surface area contributed by atoms with Crippen LogP contribution in [0.1, 0.15) is 50.9 Å². The van der Waals surface area contributed by atoms with E-state index in [1.807, 2.05) is 85.6 Å². The highest BCUT2D eigenvalue weighted by atomic mass is 35.5. The average molecular weight is 464 g/mol. The Morgan fingerprint density at radius 2 is 1.70 bits per heavy atom. The van der Waals surface area contributed by atoms with Crippen molar-refractivity contribution in [3.8, 4) is 5.69 Å². The number of fused-ring (bicyclic) bond motifs is 3. The molecule has 2 aromatic carbocycles. The van der Waals surface area contributed by atoms with E-state index in [4.69, 9.17) is 11.6 Å². The Hall–Kier alpha value is -3.05. The molecule has 2 heterocycles. The van der Waals surface area contributed by atoms with Gasteiger partial charge < -0.3 is 9.47 Å². The highest BCUT2D eigenvalue weighted by Gasteiger charge is 2.37. The topological polar surface area (TPSA) is 45.6 Å². The number of benzene rings is 2. The van der Waals surface area contributed by atoms with Crippen LogP contribution in [-0.4, -0.2) is 34.4 Å². The Labute approximate surface area is 200 Å². The standard InChI is InChI=1S/C27H30ClN3O2/c1-4-5-16-29(27(33)19(2)3)18-25(32)31-23-10-7-6-9-22(23)30-17-8-11-24(30)26(31)20-12-14-21(28)15-13-20/h6-15,17,19,26H,4-5,16,18H2,1-3H3. The second kappa shape index (κ2) is 9.84. The molecule has 5 nitrogen and oxygen atoms in total. The van der Waals surface area contributed by atoms with Crippen molar-refractivity contribution >= 4 is 29.1 Å². The van der Waals surface area contributed by atoms with E-state index >= 15 is 0 Å². The van der Waals surface area contributed by atoms with Crippen molar-refractivity contribution in [1.29, 1.82) is 0 Å². The quantitative estimate of drug-likeness (QED) is 0.441. The summed E-state index contributed by atoms with van der Waals surface area (Å²) in [6.45, 7) is 6.48. The fourth-order valence-corrected chi connectivity index (χ4v) is 4.57. The molecule has 0 fully saturated rings. The summed E-state index contributed by atoms with van der Waals surface area (Å²) in [6.07, 6.45) is 3.85. The summed E-state index contributed by atoms with van der Waals surface area (Å²) in [7, 11) is 0. The highest BCUT2D eigenvalue weighted by Crippen LogP contribution is 2.42. The van der Waals surface area contributed by atoms with Gasteiger partial charge in [-0.3, -0.25) is 14.5 Å². The number of aromatic nitrogens is 1. The number of halogens is 1. The maximum atomic E-state index is 13.9. The lowest BCUT2D eigenvalue weighted by Gasteiger charge is -2.39. The van der Waals surface area contributed by atoms with E-state index in [2.05, 4.69) is 11.5 Å². The van der Waals surface area contributed by atoms with Crippen molar-refractivity contribution in [3.63, 3.8) is 0 Å². The minimum atomic E-state index is -0.318. The molecular weight excluding hydrogens is 434 g/mol. The summed E-state index contributed by atoms with van der Waals surface area (Å²) in [5, 5.41) is 0.650. The van der Waals surface area contributed by atoms with Gasteiger partial charge in [0.25, 0.3) is 0 Å². The minimum absolute atomic E-state index is 0.00788. The lowest BCUT2D eigenvalue weighted by atomic mass is 9.97. The largest absolute Gasteiger partial charge is 0.333 e. The van der Waals surface area contributed by atoms with Crippen LogP contribution in [0.3, 0.4) is 0 Å². The van der Waals surface area contributed by atoms with Crippen LogP contribution in [0, 0.1) is 5.92 Å². The molecule has 1 aromatic heterocycles. The molecule has 1 atom stereocenters. The van der Waals surface area contributed by atoms with E-state index in [-0.39, 0.29) is 30.3 Å². The van der Waals surface area contributed by atoms with Gasteiger partial charge in [-0.2, -0.15) is 0 Å². The molecule has 2 amide bonds. The molecule has 0 spiro atoms. The third-order valence-electron chi connectivity index (χ3n) is 6.09. The molecule has 0 aliphatic carbocycles. The third-order valence-corrected chi connectivity index (χ3v) is 6.34. The van der Waals surface area contributed by atoms with Gasteiger partial charge in [-0.25, -0.2) is 0 Å². The van der Waals surface area contributed by atoms with Gasteiger partial charge in [0.1, 0.15) is 12.6 Å². The normalized spacial score (nSPS) is 14.7. The van der Waals surface area contributed by atoms with E-state index in [0.717, 1.165) is 35.5 Å². The highest BCUT2D eigenvalue weighted by molar-refractivity contribution is 6.30. The van der Waals surface area contributed by atoms with Gasteiger partial charge >= 0.3 is 0 Å². The second-order valence-electron chi connectivity index (χ2n) is 8.78. The van der Waals surface area contributed by atoms with E-state index in [9.17, 15) is 9.59 Å². The van der Waals surface area contributed by atoms with Crippen molar-refractivity contribution in [2.75, 3.05) is 18.0 Å². The molecule has 0 bridgehead atoms. The van der Waals surface area contributed by atoms with Crippen molar-refractivity contribution < 1.29 is 9.59 Å². The minimum Gasteiger partial charge on any atom is -0.333 e. The monoisotopic (exact) mass is 463 g/mol. The molecule has 1 unspecified atom stereocenters. The molecule has 0 N–H and O–H groups in total. The molecule has 0 saturated heterocycles. The fraction of sp³-hybridized carbons (Fsp3) is 0.333. The number of carbonyl (C=O) groups is 2. The van der Waals surface area contributed by atoms with Gasteiger partial charge in [0.15, 0.2) is 0 Å². The third kappa shape index (κ3) is 4.55. The summed E-state index contributed by atoms with van der Waals surface area (Å²) in [5.74, 6) is -0.249. The first kappa shape index (κ1) is 23.1. The van der Waals surface area contributed by atoms with E-state index < -0.39 is 0 Å². The Balaban J connectivity index is 1.78. The average Bonchev–Trinajstić information content (AvgIpc) is 3.31. The number of carbonyl (C=O) groups excluding carboxylic acids is 2. The van der Waals surface area contributed by atoms with E-state index in [1.165, 1.54) is 0 Å². The molecule has 0 saturated carbocycles. The summed E-state index contributed by atoms with van der Waals surface area (Å²) < 4.78 is 2.13. The Morgan fingerprint density at radius 1 is 1.00 bits per heavy atom. The van der Waals surface area contributed by atoms with Crippen LogP contribution in [-0.2, 0) is 9.59 Å². The number of rotatable bonds is 7. The Kier molecular flexibility index (Phi) is 6.89.